The van der Waals surface area contributed by atoms with Crippen LogP contribution in [0.3, 0.4) is 0 Å². The largest absolute Gasteiger partial charge is 0.384 e. The third-order valence-electron chi connectivity index (χ3n) is 3.50. The van der Waals surface area contributed by atoms with Gasteiger partial charge in [0.1, 0.15) is 0 Å². The molecule has 1 fully saturated rings. The minimum Gasteiger partial charge on any atom is -0.384 e. The van der Waals surface area contributed by atoms with Gasteiger partial charge in [0.05, 0.1) is 11.9 Å². The third-order valence-corrected chi connectivity index (χ3v) is 5.30. The van der Waals surface area contributed by atoms with Gasteiger partial charge in [0.15, 0.2) is 0 Å². The second kappa shape index (κ2) is 9.06. The van der Waals surface area contributed by atoms with Gasteiger partial charge in [-0.15, -0.1) is 0 Å². The van der Waals surface area contributed by atoms with Crippen molar-refractivity contribution in [3.05, 3.63) is 0 Å². The van der Waals surface area contributed by atoms with Gasteiger partial charge >= 0.3 is 0 Å². The minimum atomic E-state index is -0.744. The van der Waals surface area contributed by atoms with Crippen LogP contribution in [0, 0.1) is 0 Å². The van der Waals surface area contributed by atoms with Crippen molar-refractivity contribution in [2.75, 3.05) is 26.0 Å². The predicted octanol–water partition coefficient (Wildman–Crippen LogP) is 2.08. The molecule has 0 amide bonds. The number of nitrogens with one attached hydrogen (secondary N) is 1. The van der Waals surface area contributed by atoms with Gasteiger partial charge in [-0.25, -0.2) is 0 Å². The van der Waals surface area contributed by atoms with E-state index in [1.165, 1.54) is 32.1 Å². The molecule has 1 aliphatic carbocycles. The molecule has 3 nitrogen and oxygen atoms in total. The summed E-state index contributed by atoms with van der Waals surface area (Å²) in [5, 5.41) is 3.85. The zero-order valence-electron chi connectivity index (χ0n) is 11.2. The van der Waals surface area contributed by atoms with Crippen LogP contribution in [-0.2, 0) is 15.5 Å². The van der Waals surface area contributed by atoms with Crippen LogP contribution in [0.25, 0.3) is 0 Å². The molecule has 102 valence electrons. The molecule has 3 atom stereocenters. The van der Waals surface area contributed by atoms with Crippen molar-refractivity contribution in [1.82, 2.24) is 5.32 Å². The van der Waals surface area contributed by atoms with Gasteiger partial charge in [-0.05, 0) is 19.4 Å². The van der Waals surface area contributed by atoms with Gasteiger partial charge in [0.25, 0.3) is 0 Å². The smallest absolute Gasteiger partial charge is 0.0577 e. The lowest BCUT2D eigenvalue weighted by Crippen LogP contribution is -2.43. The molecule has 1 aliphatic rings. The summed E-state index contributed by atoms with van der Waals surface area (Å²) in [7, 11) is 0.933. The van der Waals surface area contributed by atoms with E-state index in [1.807, 2.05) is 0 Å². The minimum absolute atomic E-state index is 0.324. The van der Waals surface area contributed by atoms with Crippen molar-refractivity contribution < 1.29 is 8.95 Å². The van der Waals surface area contributed by atoms with Crippen molar-refractivity contribution in [3.8, 4) is 0 Å². The molecule has 0 aliphatic heterocycles. The first-order chi connectivity index (χ1) is 8.29. The highest BCUT2D eigenvalue weighted by molar-refractivity contribution is 7.85. The quantitative estimate of drug-likeness (QED) is 0.795. The van der Waals surface area contributed by atoms with Gasteiger partial charge < -0.3 is 10.1 Å². The number of ether oxygens (including phenoxy) is 1. The molecule has 0 heterocycles. The third kappa shape index (κ3) is 5.49. The van der Waals surface area contributed by atoms with Crippen molar-refractivity contribution in [1.29, 1.82) is 0 Å². The number of rotatable bonds is 6. The van der Waals surface area contributed by atoms with E-state index in [-0.39, 0.29) is 0 Å². The molecule has 4 heteroatoms. The molecule has 0 saturated heterocycles. The molecule has 0 radical (unpaired) electrons. The summed E-state index contributed by atoms with van der Waals surface area (Å²) in [6.45, 7) is 3.72. The summed E-state index contributed by atoms with van der Waals surface area (Å²) in [6.07, 6.45) is 7.42. The molecule has 0 aromatic heterocycles. The van der Waals surface area contributed by atoms with E-state index in [2.05, 4.69) is 12.2 Å². The summed E-state index contributed by atoms with van der Waals surface area (Å²) in [4.78, 5) is 0. The molecule has 3 unspecified atom stereocenters. The second-order valence-corrected chi connectivity index (χ2v) is 6.55. The Bertz CT molecular complexity index is 223. The van der Waals surface area contributed by atoms with E-state index in [0.29, 0.717) is 23.7 Å². The van der Waals surface area contributed by atoms with Gasteiger partial charge in [-0.3, -0.25) is 4.21 Å². The summed E-state index contributed by atoms with van der Waals surface area (Å²) in [5.41, 5.74) is 0. The van der Waals surface area contributed by atoms with Crippen LogP contribution >= 0.6 is 0 Å². The Labute approximate surface area is 108 Å². The summed E-state index contributed by atoms with van der Waals surface area (Å²) in [6, 6.07) is 0.443. The van der Waals surface area contributed by atoms with E-state index < -0.39 is 10.8 Å². The fourth-order valence-corrected chi connectivity index (χ4v) is 4.24. The Morgan fingerprint density at radius 3 is 2.59 bits per heavy atom. The van der Waals surface area contributed by atoms with Gasteiger partial charge in [-0.2, -0.15) is 0 Å². The van der Waals surface area contributed by atoms with E-state index in [1.54, 1.807) is 7.11 Å². The Hall–Kier alpha value is 0.0700. The SMILES string of the molecule is CCNC1CCCCCCC1S(=O)CCOC. The molecule has 0 aromatic rings. The highest BCUT2D eigenvalue weighted by atomic mass is 32.2. The van der Waals surface area contributed by atoms with E-state index in [4.69, 9.17) is 4.74 Å². The number of hydrogen-bond acceptors (Lipinski definition) is 3. The van der Waals surface area contributed by atoms with Crippen molar-refractivity contribution in [3.63, 3.8) is 0 Å². The van der Waals surface area contributed by atoms with E-state index >= 15 is 0 Å². The standard InChI is InChI=1S/C13H27NO2S/c1-3-14-12-8-6-4-5-7-9-13(12)17(15)11-10-16-2/h12-14H,3-11H2,1-2H3. The normalized spacial score (nSPS) is 28.4. The van der Waals surface area contributed by atoms with Gasteiger partial charge in [0, 0.05) is 29.7 Å². The molecular formula is C13H27NO2S. The van der Waals surface area contributed by atoms with Crippen molar-refractivity contribution in [2.24, 2.45) is 0 Å². The predicted molar refractivity (Wildman–Crippen MR) is 73.8 cm³/mol. The number of hydrogen-bond donors (Lipinski definition) is 1. The molecule has 17 heavy (non-hydrogen) atoms. The zero-order chi connectivity index (χ0) is 12.5. The zero-order valence-corrected chi connectivity index (χ0v) is 12.1. The maximum absolute atomic E-state index is 12.3. The fraction of sp³-hybridized carbons (Fsp3) is 1.00. The van der Waals surface area contributed by atoms with Crippen LogP contribution in [-0.4, -0.2) is 41.5 Å². The fourth-order valence-electron chi connectivity index (χ4n) is 2.58. The topological polar surface area (TPSA) is 38.3 Å². The Morgan fingerprint density at radius 2 is 1.94 bits per heavy atom. The lowest BCUT2D eigenvalue weighted by atomic mass is 9.96. The van der Waals surface area contributed by atoms with Crippen LogP contribution in [0.2, 0.25) is 0 Å². The Kier molecular flexibility index (Phi) is 8.06. The molecule has 1 N–H and O–H groups in total. The highest BCUT2D eigenvalue weighted by Crippen LogP contribution is 2.21. The summed E-state index contributed by atoms with van der Waals surface area (Å²) >= 11 is 0. The van der Waals surface area contributed by atoms with Crippen LogP contribution in [0.15, 0.2) is 0 Å². The maximum Gasteiger partial charge on any atom is 0.0577 e. The second-order valence-electron chi connectivity index (χ2n) is 4.77. The Morgan fingerprint density at radius 1 is 1.24 bits per heavy atom. The lowest BCUT2D eigenvalue weighted by Gasteiger charge is -2.29. The van der Waals surface area contributed by atoms with Gasteiger partial charge in [0.2, 0.25) is 0 Å². The van der Waals surface area contributed by atoms with Crippen molar-refractivity contribution >= 4 is 10.8 Å². The molecule has 0 bridgehead atoms. The van der Waals surface area contributed by atoms with Crippen LogP contribution in [0.1, 0.15) is 45.4 Å². The highest BCUT2D eigenvalue weighted by Gasteiger charge is 2.26. The Balaban J connectivity index is 2.55. The van der Waals surface area contributed by atoms with Crippen LogP contribution < -0.4 is 5.32 Å². The van der Waals surface area contributed by atoms with Crippen LogP contribution in [0.4, 0.5) is 0 Å². The van der Waals surface area contributed by atoms with E-state index in [0.717, 1.165) is 13.0 Å². The van der Waals surface area contributed by atoms with Crippen LogP contribution in [0.5, 0.6) is 0 Å². The summed E-state index contributed by atoms with van der Waals surface area (Å²) in [5.74, 6) is 0.684. The first-order valence-corrected chi connectivity index (χ1v) is 8.27. The number of methoxy groups -OCH3 is 1. The lowest BCUT2D eigenvalue weighted by molar-refractivity contribution is 0.217. The maximum atomic E-state index is 12.3. The average Bonchev–Trinajstić information content (AvgIpc) is 2.30. The first-order valence-electron chi connectivity index (χ1n) is 6.89. The monoisotopic (exact) mass is 261 g/mol. The average molecular weight is 261 g/mol. The molecular weight excluding hydrogens is 234 g/mol. The molecule has 0 spiro atoms. The molecule has 1 rings (SSSR count). The van der Waals surface area contributed by atoms with E-state index in [9.17, 15) is 4.21 Å². The van der Waals surface area contributed by atoms with Gasteiger partial charge in [-0.1, -0.05) is 32.6 Å². The van der Waals surface area contributed by atoms with Crippen molar-refractivity contribution in [2.45, 2.75) is 56.7 Å². The first kappa shape index (κ1) is 15.1. The summed E-state index contributed by atoms with van der Waals surface area (Å²) < 4.78 is 17.3. The molecule has 0 aromatic carbocycles. The molecule has 1 saturated carbocycles.